The van der Waals surface area contributed by atoms with Gasteiger partial charge in [0.15, 0.2) is 0 Å². The molecule has 0 radical (unpaired) electrons. The van der Waals surface area contributed by atoms with E-state index in [1.165, 1.54) is 0 Å². The van der Waals surface area contributed by atoms with E-state index in [0.717, 1.165) is 25.3 Å². The molecule has 3 heterocycles. The predicted octanol–water partition coefficient (Wildman–Crippen LogP) is 0.270. The molecule has 2 aliphatic rings. The van der Waals surface area contributed by atoms with Gasteiger partial charge in [-0.25, -0.2) is 4.98 Å². The number of carbonyl (C=O) groups excluding carboxylic acids is 1. The topological polar surface area (TPSA) is 50.6 Å². The zero-order chi connectivity index (χ0) is 14.3. The molecule has 0 bridgehead atoms. The minimum atomic E-state index is -0.194. The van der Waals surface area contributed by atoms with Gasteiger partial charge in [0.25, 0.3) is 0 Å². The average Bonchev–Trinajstić information content (AvgIpc) is 2.93. The van der Waals surface area contributed by atoms with Gasteiger partial charge in [0.05, 0.1) is 5.92 Å². The number of aromatic nitrogens is 2. The Kier molecular flexibility index (Phi) is 3.52. The molecule has 0 aliphatic carbocycles. The SMILES string of the molecule is CN(C)C1CN(C(=O)[C@@H]2CCO[C@H]2c2nccn2C)C1. The monoisotopic (exact) mass is 278 g/mol. The molecular formula is C14H22N4O2. The molecule has 2 fully saturated rings. The van der Waals surface area contributed by atoms with Gasteiger partial charge in [0.1, 0.15) is 11.9 Å². The number of hydrogen-bond acceptors (Lipinski definition) is 4. The van der Waals surface area contributed by atoms with Crippen LogP contribution in [0.25, 0.3) is 0 Å². The van der Waals surface area contributed by atoms with Crippen LogP contribution in [0.1, 0.15) is 18.3 Å². The molecule has 2 aliphatic heterocycles. The van der Waals surface area contributed by atoms with E-state index in [1.807, 2.05) is 22.7 Å². The summed E-state index contributed by atoms with van der Waals surface area (Å²) in [5, 5.41) is 0. The molecule has 20 heavy (non-hydrogen) atoms. The van der Waals surface area contributed by atoms with Gasteiger partial charge < -0.3 is 19.1 Å². The Morgan fingerprint density at radius 1 is 1.45 bits per heavy atom. The largest absolute Gasteiger partial charge is 0.369 e. The molecule has 6 nitrogen and oxygen atoms in total. The summed E-state index contributed by atoms with van der Waals surface area (Å²) in [6.45, 7) is 2.30. The number of carbonyl (C=O) groups is 1. The maximum Gasteiger partial charge on any atom is 0.228 e. The van der Waals surface area contributed by atoms with E-state index in [2.05, 4.69) is 24.0 Å². The number of imidazole rings is 1. The number of ether oxygens (including phenoxy) is 1. The number of rotatable bonds is 3. The van der Waals surface area contributed by atoms with Gasteiger partial charge in [-0.3, -0.25) is 4.79 Å². The normalized spacial score (nSPS) is 27.1. The number of aryl methyl sites for hydroxylation is 1. The lowest BCUT2D eigenvalue weighted by Crippen LogP contribution is -2.60. The highest BCUT2D eigenvalue weighted by Gasteiger charge is 2.43. The molecule has 1 aromatic heterocycles. The smallest absolute Gasteiger partial charge is 0.228 e. The lowest BCUT2D eigenvalue weighted by Gasteiger charge is -2.44. The summed E-state index contributed by atoms with van der Waals surface area (Å²) < 4.78 is 7.70. The standard InChI is InChI=1S/C14H22N4O2/c1-16(2)10-8-18(9-10)14(19)11-4-7-20-12(11)13-15-5-6-17(13)3/h5-6,10-12H,4,7-9H2,1-3H3/t11-,12-/m1/s1. The third kappa shape index (κ3) is 2.23. The van der Waals surface area contributed by atoms with Crippen LogP contribution in [0, 0.1) is 5.92 Å². The summed E-state index contributed by atoms with van der Waals surface area (Å²) in [4.78, 5) is 21.1. The van der Waals surface area contributed by atoms with Crippen LogP contribution in [0.15, 0.2) is 12.4 Å². The minimum absolute atomic E-state index is 0.0841. The highest BCUT2D eigenvalue weighted by molar-refractivity contribution is 5.80. The summed E-state index contributed by atoms with van der Waals surface area (Å²) in [5.74, 6) is 0.985. The highest BCUT2D eigenvalue weighted by atomic mass is 16.5. The van der Waals surface area contributed by atoms with Gasteiger partial charge in [-0.1, -0.05) is 0 Å². The van der Waals surface area contributed by atoms with Crippen molar-refractivity contribution in [1.29, 1.82) is 0 Å². The number of likely N-dealkylation sites (tertiary alicyclic amines) is 1. The zero-order valence-electron chi connectivity index (χ0n) is 12.3. The molecule has 0 spiro atoms. The second kappa shape index (κ2) is 5.18. The van der Waals surface area contributed by atoms with E-state index in [4.69, 9.17) is 4.74 Å². The van der Waals surface area contributed by atoms with Crippen molar-refractivity contribution in [3.63, 3.8) is 0 Å². The number of likely N-dealkylation sites (N-methyl/N-ethyl adjacent to an activating group) is 1. The van der Waals surface area contributed by atoms with Crippen molar-refractivity contribution >= 4 is 5.91 Å². The molecule has 1 aromatic rings. The molecule has 110 valence electrons. The summed E-state index contributed by atoms with van der Waals surface area (Å²) in [6, 6.07) is 0.493. The molecule has 0 N–H and O–H groups in total. The van der Waals surface area contributed by atoms with Gasteiger partial charge in [-0.15, -0.1) is 0 Å². The lowest BCUT2D eigenvalue weighted by molar-refractivity contribution is -0.144. The van der Waals surface area contributed by atoms with Gasteiger partial charge in [0.2, 0.25) is 5.91 Å². The van der Waals surface area contributed by atoms with E-state index in [1.54, 1.807) is 6.20 Å². The molecule has 6 heteroatoms. The van der Waals surface area contributed by atoms with Crippen LogP contribution in [0.2, 0.25) is 0 Å². The quantitative estimate of drug-likeness (QED) is 0.796. The number of hydrogen-bond donors (Lipinski definition) is 0. The van der Waals surface area contributed by atoms with Crippen molar-refractivity contribution in [3.8, 4) is 0 Å². The first-order chi connectivity index (χ1) is 9.58. The van der Waals surface area contributed by atoms with E-state index >= 15 is 0 Å². The Bertz CT molecular complexity index is 493. The van der Waals surface area contributed by atoms with Gasteiger partial charge >= 0.3 is 0 Å². The van der Waals surface area contributed by atoms with Crippen LogP contribution in [0.4, 0.5) is 0 Å². The number of amides is 1. The van der Waals surface area contributed by atoms with E-state index in [-0.39, 0.29) is 17.9 Å². The van der Waals surface area contributed by atoms with Crippen LogP contribution >= 0.6 is 0 Å². The van der Waals surface area contributed by atoms with E-state index < -0.39 is 0 Å². The van der Waals surface area contributed by atoms with Crippen LogP contribution < -0.4 is 0 Å². The van der Waals surface area contributed by atoms with Crippen LogP contribution in [0.3, 0.4) is 0 Å². The third-order valence-corrected chi connectivity index (χ3v) is 4.43. The van der Waals surface area contributed by atoms with Crippen molar-refractivity contribution in [2.24, 2.45) is 13.0 Å². The molecule has 0 aromatic carbocycles. The van der Waals surface area contributed by atoms with Crippen molar-refractivity contribution < 1.29 is 9.53 Å². The summed E-state index contributed by atoms with van der Waals surface area (Å²) >= 11 is 0. The fourth-order valence-corrected chi connectivity index (χ4v) is 2.94. The Labute approximate surface area is 119 Å². The Morgan fingerprint density at radius 3 is 2.80 bits per heavy atom. The Balaban J connectivity index is 1.67. The fourth-order valence-electron chi connectivity index (χ4n) is 2.94. The molecule has 2 atom stereocenters. The van der Waals surface area contributed by atoms with Crippen molar-refractivity contribution in [2.75, 3.05) is 33.8 Å². The molecular weight excluding hydrogens is 256 g/mol. The van der Waals surface area contributed by atoms with Gasteiger partial charge in [-0.05, 0) is 20.5 Å². The maximum absolute atomic E-state index is 12.6. The first-order valence-corrected chi connectivity index (χ1v) is 7.12. The van der Waals surface area contributed by atoms with E-state index in [9.17, 15) is 4.79 Å². The molecule has 0 unspecified atom stereocenters. The second-order valence-electron chi connectivity index (χ2n) is 5.94. The molecule has 0 saturated carbocycles. The van der Waals surface area contributed by atoms with Crippen molar-refractivity contribution in [2.45, 2.75) is 18.6 Å². The third-order valence-electron chi connectivity index (χ3n) is 4.43. The molecule has 3 rings (SSSR count). The van der Waals surface area contributed by atoms with Crippen LogP contribution in [-0.2, 0) is 16.6 Å². The summed E-state index contributed by atoms with van der Waals surface area (Å²) in [7, 11) is 6.06. The van der Waals surface area contributed by atoms with Crippen molar-refractivity contribution in [3.05, 3.63) is 18.2 Å². The highest BCUT2D eigenvalue weighted by Crippen LogP contribution is 2.35. The maximum atomic E-state index is 12.6. The number of nitrogens with zero attached hydrogens (tertiary/aromatic N) is 4. The second-order valence-corrected chi connectivity index (χ2v) is 5.94. The fraction of sp³-hybridized carbons (Fsp3) is 0.714. The first-order valence-electron chi connectivity index (χ1n) is 7.12. The molecule has 1 amide bonds. The van der Waals surface area contributed by atoms with Gasteiger partial charge in [0, 0.05) is 45.2 Å². The minimum Gasteiger partial charge on any atom is -0.369 e. The average molecular weight is 278 g/mol. The van der Waals surface area contributed by atoms with Gasteiger partial charge in [-0.2, -0.15) is 0 Å². The zero-order valence-corrected chi connectivity index (χ0v) is 12.3. The van der Waals surface area contributed by atoms with Crippen LogP contribution in [-0.4, -0.2) is 65.1 Å². The van der Waals surface area contributed by atoms with Crippen LogP contribution in [0.5, 0.6) is 0 Å². The predicted molar refractivity (Wildman–Crippen MR) is 74.1 cm³/mol. The summed E-state index contributed by atoms with van der Waals surface area (Å²) in [6.07, 6.45) is 4.24. The first kappa shape index (κ1) is 13.6. The molecule has 2 saturated heterocycles. The van der Waals surface area contributed by atoms with E-state index in [0.29, 0.717) is 12.6 Å². The van der Waals surface area contributed by atoms with Crippen molar-refractivity contribution in [1.82, 2.24) is 19.4 Å². The Hall–Kier alpha value is -1.40. The Morgan fingerprint density at radius 2 is 2.20 bits per heavy atom. The summed E-state index contributed by atoms with van der Waals surface area (Å²) in [5.41, 5.74) is 0. The lowest BCUT2D eigenvalue weighted by atomic mass is 9.96.